The number of hydrogen-bond acceptors (Lipinski definition) is 9. The van der Waals surface area contributed by atoms with Crippen molar-refractivity contribution in [2.45, 2.75) is 110 Å². The van der Waals surface area contributed by atoms with Crippen molar-refractivity contribution in [1.82, 2.24) is 4.98 Å². The van der Waals surface area contributed by atoms with Crippen molar-refractivity contribution in [2.75, 3.05) is 0 Å². The number of fused-ring (bicyclic) bond motifs is 3. The number of aliphatic hydroxyl groups excluding tert-OH is 2. The summed E-state index contributed by atoms with van der Waals surface area (Å²) in [5.74, 6) is -0.577. The summed E-state index contributed by atoms with van der Waals surface area (Å²) in [6.45, 7) is 11.4. The van der Waals surface area contributed by atoms with Gasteiger partial charge >= 0.3 is 11.9 Å². The maximum absolute atomic E-state index is 13.2. The number of carbonyl (C=O) groups excluding carboxylic acids is 2. The maximum atomic E-state index is 13.2. The number of allylic oxidation sites excluding steroid dienone is 4. The number of ether oxygens (including phenoxy) is 3. The fraction of sp³-hybridized carbons (Fsp3) is 0.618. The van der Waals surface area contributed by atoms with E-state index in [1.807, 2.05) is 65.0 Å². The van der Waals surface area contributed by atoms with E-state index in [2.05, 4.69) is 4.98 Å². The zero-order chi connectivity index (χ0) is 31.3. The Bertz CT molecular complexity index is 1240. The van der Waals surface area contributed by atoms with Gasteiger partial charge in [-0.15, -0.1) is 0 Å². The second-order valence-corrected chi connectivity index (χ2v) is 12.7. The van der Waals surface area contributed by atoms with Gasteiger partial charge in [-0.05, 0) is 68.6 Å². The smallest absolute Gasteiger partial charge is 0.338 e. The SMILES string of the molecule is CC(/C=C/C=C(\C)[C@H](O)[C@@H](C)C1CC[C@H](C)[C@H](O)/C=C/[C@@H](C)[C@H]2C[C@H](CC(=O)O2)C[C@@H]2O[C@H]2C(=O)O1)=C\c1coc(C)n1. The number of rotatable bonds is 6. The molecule has 3 aliphatic rings. The van der Waals surface area contributed by atoms with Gasteiger partial charge in [0.1, 0.15) is 24.2 Å². The molecule has 9 nitrogen and oxygen atoms in total. The number of epoxide rings is 1. The zero-order valence-electron chi connectivity index (χ0n) is 26.1. The molecule has 4 rings (SSSR count). The van der Waals surface area contributed by atoms with E-state index in [0.717, 1.165) is 16.8 Å². The van der Waals surface area contributed by atoms with Crippen LogP contribution >= 0.6 is 0 Å². The minimum Gasteiger partial charge on any atom is -0.462 e. The van der Waals surface area contributed by atoms with Gasteiger partial charge < -0.3 is 28.8 Å². The number of hydrogen-bond donors (Lipinski definition) is 2. The third-order valence-corrected chi connectivity index (χ3v) is 8.92. The van der Waals surface area contributed by atoms with Gasteiger partial charge in [-0.1, -0.05) is 51.2 Å². The lowest BCUT2D eigenvalue weighted by molar-refractivity contribution is -0.159. The van der Waals surface area contributed by atoms with Crippen molar-refractivity contribution in [1.29, 1.82) is 0 Å². The van der Waals surface area contributed by atoms with Crippen LogP contribution in [0.5, 0.6) is 0 Å². The normalized spacial score (nSPS) is 35.1. The van der Waals surface area contributed by atoms with Crippen molar-refractivity contribution in [3.8, 4) is 0 Å². The minimum atomic E-state index is -0.849. The fourth-order valence-corrected chi connectivity index (χ4v) is 5.91. The standard InChI is InChI=1S/C34H47NO8/c1-19(14-26-18-40-24(6)35-26)8-7-9-22(4)32(38)23(5)28-13-11-20(2)27(36)12-10-21(3)29-15-25(17-31(37)41-29)16-30-33(42-30)34(39)43-28/h7-10,12,14,18,20-21,23,25,27-30,32-33,36,38H,11,13,15-17H2,1-6H3/b8-7+,12-10+,19-14+,22-9+/t20-,21+,23-,25-,27+,28?,29+,30-,32-,33+/m0/s1. The largest absolute Gasteiger partial charge is 0.462 e. The Morgan fingerprint density at radius 2 is 1.84 bits per heavy atom. The zero-order valence-corrected chi connectivity index (χ0v) is 26.1. The Morgan fingerprint density at radius 1 is 1.09 bits per heavy atom. The third kappa shape index (κ3) is 9.24. The van der Waals surface area contributed by atoms with Crippen LogP contribution in [0.25, 0.3) is 6.08 Å². The Balaban J connectivity index is 1.45. The Labute approximate surface area is 254 Å². The molecule has 9 heteroatoms. The molecule has 0 spiro atoms. The maximum Gasteiger partial charge on any atom is 0.338 e. The molecule has 4 heterocycles. The number of cyclic esters (lactones) is 1. The first kappa shape index (κ1) is 32.9. The van der Waals surface area contributed by atoms with E-state index >= 15 is 0 Å². The number of aliphatic hydroxyl groups is 2. The van der Waals surface area contributed by atoms with Crippen molar-refractivity contribution in [3.63, 3.8) is 0 Å². The van der Waals surface area contributed by atoms with E-state index in [1.54, 1.807) is 19.3 Å². The molecular weight excluding hydrogens is 550 g/mol. The van der Waals surface area contributed by atoms with Gasteiger partial charge in [0, 0.05) is 25.2 Å². The molecule has 0 saturated carbocycles. The van der Waals surface area contributed by atoms with E-state index in [0.29, 0.717) is 38.0 Å². The molecule has 1 unspecified atom stereocenters. The van der Waals surface area contributed by atoms with Crippen LogP contribution in [0.4, 0.5) is 0 Å². The second-order valence-electron chi connectivity index (χ2n) is 12.7. The lowest BCUT2D eigenvalue weighted by atomic mass is 9.85. The average molecular weight is 598 g/mol. The predicted molar refractivity (Wildman–Crippen MR) is 161 cm³/mol. The average Bonchev–Trinajstić information content (AvgIpc) is 3.61. The topological polar surface area (TPSA) is 132 Å². The van der Waals surface area contributed by atoms with E-state index in [4.69, 9.17) is 18.6 Å². The van der Waals surface area contributed by atoms with Gasteiger partial charge in [-0.3, -0.25) is 4.79 Å². The Morgan fingerprint density at radius 3 is 2.56 bits per heavy atom. The van der Waals surface area contributed by atoms with Crippen LogP contribution in [-0.2, 0) is 23.8 Å². The number of esters is 2. The molecular formula is C34H47NO8. The molecule has 236 valence electrons. The molecule has 2 saturated heterocycles. The van der Waals surface area contributed by atoms with Gasteiger partial charge in [0.15, 0.2) is 12.0 Å². The highest BCUT2D eigenvalue weighted by Gasteiger charge is 2.49. The summed E-state index contributed by atoms with van der Waals surface area (Å²) in [5, 5.41) is 22.1. The fourth-order valence-electron chi connectivity index (χ4n) is 5.91. The summed E-state index contributed by atoms with van der Waals surface area (Å²) >= 11 is 0. The summed E-state index contributed by atoms with van der Waals surface area (Å²) in [5.41, 5.74) is 2.45. The third-order valence-electron chi connectivity index (χ3n) is 8.92. The van der Waals surface area contributed by atoms with Gasteiger partial charge in [0.05, 0.1) is 18.3 Å². The monoisotopic (exact) mass is 597 g/mol. The molecule has 2 fully saturated rings. The summed E-state index contributed by atoms with van der Waals surface area (Å²) in [4.78, 5) is 29.7. The lowest BCUT2D eigenvalue weighted by Gasteiger charge is -2.32. The predicted octanol–water partition coefficient (Wildman–Crippen LogP) is 5.26. The van der Waals surface area contributed by atoms with Crippen LogP contribution in [0.15, 0.2) is 52.2 Å². The van der Waals surface area contributed by atoms with Crippen molar-refractivity contribution >= 4 is 18.0 Å². The van der Waals surface area contributed by atoms with Crippen molar-refractivity contribution in [3.05, 3.63) is 59.4 Å². The Kier molecular flexibility index (Phi) is 11.2. The van der Waals surface area contributed by atoms with Crippen LogP contribution in [0.3, 0.4) is 0 Å². The quantitative estimate of drug-likeness (QED) is 0.195. The molecule has 2 bridgehead atoms. The minimum absolute atomic E-state index is 0.0417. The van der Waals surface area contributed by atoms with E-state index < -0.39 is 36.3 Å². The van der Waals surface area contributed by atoms with Crippen LogP contribution in [0.2, 0.25) is 0 Å². The van der Waals surface area contributed by atoms with Gasteiger partial charge in [0.2, 0.25) is 0 Å². The highest BCUT2D eigenvalue weighted by Crippen LogP contribution is 2.37. The van der Waals surface area contributed by atoms with E-state index in [1.165, 1.54) is 0 Å². The molecule has 1 aromatic rings. The van der Waals surface area contributed by atoms with Crippen LogP contribution in [-0.4, -0.2) is 63.8 Å². The van der Waals surface area contributed by atoms with Gasteiger partial charge in [-0.25, -0.2) is 9.78 Å². The van der Waals surface area contributed by atoms with Crippen LogP contribution in [0, 0.1) is 30.6 Å². The van der Waals surface area contributed by atoms with E-state index in [-0.39, 0.29) is 35.9 Å². The summed E-state index contributed by atoms with van der Waals surface area (Å²) in [6, 6.07) is 0. The molecule has 10 atom stereocenters. The summed E-state index contributed by atoms with van der Waals surface area (Å²) < 4.78 is 22.6. The number of nitrogens with zero attached hydrogens (tertiary/aromatic N) is 1. The molecule has 0 amide bonds. The number of aromatic nitrogens is 1. The lowest BCUT2D eigenvalue weighted by Crippen LogP contribution is -2.37. The Hall–Kier alpha value is -3.01. The highest BCUT2D eigenvalue weighted by atomic mass is 16.6. The first-order valence-electron chi connectivity index (χ1n) is 15.5. The molecule has 3 aliphatic heterocycles. The summed E-state index contributed by atoms with van der Waals surface area (Å²) in [6.07, 6.45) is 12.1. The van der Waals surface area contributed by atoms with Crippen LogP contribution in [0.1, 0.15) is 78.3 Å². The first-order valence-corrected chi connectivity index (χ1v) is 15.5. The molecule has 43 heavy (non-hydrogen) atoms. The van der Waals surface area contributed by atoms with E-state index in [9.17, 15) is 19.8 Å². The van der Waals surface area contributed by atoms with Crippen molar-refractivity contribution < 1.29 is 38.4 Å². The number of aryl methyl sites for hydroxylation is 1. The van der Waals surface area contributed by atoms with Gasteiger partial charge in [0.25, 0.3) is 0 Å². The molecule has 0 aromatic carbocycles. The van der Waals surface area contributed by atoms with Gasteiger partial charge in [-0.2, -0.15) is 0 Å². The molecule has 2 N–H and O–H groups in total. The molecule has 0 aliphatic carbocycles. The number of oxazole rings is 1. The second kappa shape index (κ2) is 14.6. The highest BCUT2D eigenvalue weighted by molar-refractivity contribution is 5.78. The summed E-state index contributed by atoms with van der Waals surface area (Å²) in [7, 11) is 0. The number of carbonyl (C=O) groups is 2. The first-order chi connectivity index (χ1) is 20.4. The molecule has 0 radical (unpaired) electrons. The van der Waals surface area contributed by atoms with Crippen molar-refractivity contribution in [2.24, 2.45) is 23.7 Å². The molecule has 1 aromatic heterocycles. The van der Waals surface area contributed by atoms with Crippen LogP contribution < -0.4 is 0 Å².